The molecular formula is C26H31N5O4S. The molecule has 190 valence electrons. The normalized spacial score (nSPS) is 13.7. The largest absolute Gasteiger partial charge is 0.492 e. The van der Waals surface area contributed by atoms with Crippen LogP contribution in [-0.2, 0) is 6.42 Å². The second-order valence-corrected chi connectivity index (χ2v) is 9.54. The Bertz CT molecular complexity index is 1130. The number of ether oxygens (including phenoxy) is 2. The fourth-order valence-corrected chi connectivity index (χ4v) is 4.97. The van der Waals surface area contributed by atoms with Crippen LogP contribution >= 0.6 is 11.3 Å². The predicted molar refractivity (Wildman–Crippen MR) is 141 cm³/mol. The van der Waals surface area contributed by atoms with Gasteiger partial charge in [0.1, 0.15) is 17.4 Å². The van der Waals surface area contributed by atoms with Gasteiger partial charge in [-0.15, -0.1) is 11.3 Å². The molecule has 3 amide bonds. The minimum Gasteiger partial charge on any atom is -0.492 e. The summed E-state index contributed by atoms with van der Waals surface area (Å²) < 4.78 is 11.4. The smallest absolute Gasteiger partial charge is 0.412 e. The van der Waals surface area contributed by atoms with E-state index in [0.717, 1.165) is 41.4 Å². The number of anilines is 1. The number of amides is 3. The Labute approximate surface area is 214 Å². The summed E-state index contributed by atoms with van der Waals surface area (Å²) in [6, 6.07) is 12.5. The van der Waals surface area contributed by atoms with Gasteiger partial charge in [-0.1, -0.05) is 6.42 Å². The quantitative estimate of drug-likeness (QED) is 0.370. The molecule has 1 fully saturated rings. The van der Waals surface area contributed by atoms with Crippen molar-refractivity contribution < 1.29 is 19.1 Å². The van der Waals surface area contributed by atoms with E-state index in [1.165, 1.54) is 30.6 Å². The molecule has 0 bridgehead atoms. The van der Waals surface area contributed by atoms with Crippen LogP contribution < -0.4 is 25.8 Å². The van der Waals surface area contributed by atoms with Gasteiger partial charge in [0.15, 0.2) is 5.75 Å². The molecule has 0 atom stereocenters. The first kappa shape index (κ1) is 25.5. The number of nitrogens with one attached hydrogen (secondary N) is 2. The molecule has 10 heteroatoms. The third kappa shape index (κ3) is 7.69. The number of hydrogen-bond acceptors (Lipinski definition) is 7. The number of likely N-dealkylation sites (tertiary alicyclic amines) is 1. The van der Waals surface area contributed by atoms with E-state index >= 15 is 0 Å². The Kier molecular flexibility index (Phi) is 9.12. The highest BCUT2D eigenvalue weighted by atomic mass is 32.1. The van der Waals surface area contributed by atoms with Crippen LogP contribution in [0.4, 0.5) is 14.6 Å². The number of nitrogens with two attached hydrogens (primary N) is 1. The highest BCUT2D eigenvalue weighted by molar-refractivity contribution is 7.20. The number of carbonyl (C=O) groups excluding carboxylic acids is 2. The van der Waals surface area contributed by atoms with Gasteiger partial charge in [0.05, 0.1) is 0 Å². The zero-order chi connectivity index (χ0) is 25.2. The summed E-state index contributed by atoms with van der Waals surface area (Å²) in [5.74, 6) is 1.03. The van der Waals surface area contributed by atoms with Gasteiger partial charge in [0, 0.05) is 36.4 Å². The number of aromatic nitrogens is 1. The van der Waals surface area contributed by atoms with Crippen molar-refractivity contribution >= 4 is 28.5 Å². The van der Waals surface area contributed by atoms with Crippen molar-refractivity contribution in [3.63, 3.8) is 0 Å². The fourth-order valence-electron chi connectivity index (χ4n) is 3.98. The molecule has 0 unspecified atom stereocenters. The van der Waals surface area contributed by atoms with Gasteiger partial charge in [-0.2, -0.15) is 0 Å². The number of rotatable bonds is 10. The van der Waals surface area contributed by atoms with Crippen LogP contribution in [0.5, 0.6) is 11.5 Å². The number of primary amides is 1. The molecule has 3 heterocycles. The van der Waals surface area contributed by atoms with Crippen LogP contribution in [0.15, 0.2) is 54.9 Å². The Hall–Kier alpha value is -3.63. The number of nitrogens with zero attached hydrogens (tertiary/aromatic N) is 2. The lowest BCUT2D eigenvalue weighted by atomic mass is 10.1. The first-order valence-corrected chi connectivity index (χ1v) is 12.9. The van der Waals surface area contributed by atoms with Gasteiger partial charge >= 0.3 is 12.1 Å². The predicted octanol–water partition coefficient (Wildman–Crippen LogP) is 4.50. The molecule has 0 saturated carbocycles. The van der Waals surface area contributed by atoms with Crippen molar-refractivity contribution in [3.05, 3.63) is 60.4 Å². The number of urea groups is 1. The van der Waals surface area contributed by atoms with E-state index in [9.17, 15) is 9.59 Å². The third-order valence-corrected chi connectivity index (χ3v) is 6.91. The van der Waals surface area contributed by atoms with E-state index in [2.05, 4.69) is 20.5 Å². The number of pyridine rings is 1. The molecule has 2 aromatic heterocycles. The first-order chi connectivity index (χ1) is 17.6. The molecule has 3 aromatic rings. The van der Waals surface area contributed by atoms with Gasteiger partial charge in [-0.25, -0.2) is 9.59 Å². The number of thiophene rings is 1. The highest BCUT2D eigenvalue weighted by Gasteiger charge is 2.17. The first-order valence-electron chi connectivity index (χ1n) is 12.1. The summed E-state index contributed by atoms with van der Waals surface area (Å²) in [5.41, 5.74) is 7.27. The zero-order valence-corrected chi connectivity index (χ0v) is 20.9. The van der Waals surface area contributed by atoms with Crippen LogP contribution in [0.1, 0.15) is 24.8 Å². The van der Waals surface area contributed by atoms with Crippen molar-refractivity contribution in [2.45, 2.75) is 25.7 Å². The second-order valence-electron chi connectivity index (χ2n) is 8.49. The molecule has 0 aliphatic carbocycles. The monoisotopic (exact) mass is 509 g/mol. The summed E-state index contributed by atoms with van der Waals surface area (Å²) in [7, 11) is 0. The van der Waals surface area contributed by atoms with Crippen molar-refractivity contribution in [2.24, 2.45) is 5.73 Å². The minimum atomic E-state index is -0.733. The van der Waals surface area contributed by atoms with Crippen molar-refractivity contribution in [1.82, 2.24) is 15.2 Å². The lowest BCUT2D eigenvalue weighted by molar-refractivity contribution is 0.183. The molecule has 0 spiro atoms. The van der Waals surface area contributed by atoms with E-state index in [0.29, 0.717) is 24.6 Å². The maximum Gasteiger partial charge on any atom is 0.412 e. The maximum absolute atomic E-state index is 12.3. The summed E-state index contributed by atoms with van der Waals surface area (Å²) >= 11 is 1.27. The van der Waals surface area contributed by atoms with E-state index in [1.54, 1.807) is 18.5 Å². The Morgan fingerprint density at radius 1 is 1.06 bits per heavy atom. The molecule has 4 rings (SSSR count). The SMILES string of the molecule is NC(=O)Nc1sc(-c2ccc(OCCN3CCCCC3)cc2)cc1OC(=O)NCCc1ccncc1. The van der Waals surface area contributed by atoms with Crippen molar-refractivity contribution in [1.29, 1.82) is 0 Å². The van der Waals surface area contributed by atoms with Gasteiger partial charge in [0.25, 0.3) is 0 Å². The molecular weight excluding hydrogens is 478 g/mol. The summed E-state index contributed by atoms with van der Waals surface area (Å²) in [5, 5.41) is 5.62. The molecule has 4 N–H and O–H groups in total. The van der Waals surface area contributed by atoms with Gasteiger partial charge in [0.2, 0.25) is 0 Å². The molecule has 36 heavy (non-hydrogen) atoms. The van der Waals surface area contributed by atoms with Crippen LogP contribution in [0, 0.1) is 0 Å². The minimum absolute atomic E-state index is 0.233. The molecule has 9 nitrogen and oxygen atoms in total. The second kappa shape index (κ2) is 12.9. The van der Waals surface area contributed by atoms with E-state index in [1.807, 2.05) is 36.4 Å². The van der Waals surface area contributed by atoms with Crippen LogP contribution in [0.25, 0.3) is 10.4 Å². The molecule has 1 aliphatic heterocycles. The summed E-state index contributed by atoms with van der Waals surface area (Å²) in [4.78, 5) is 31.1. The number of benzene rings is 1. The Morgan fingerprint density at radius 3 is 2.53 bits per heavy atom. The number of hydrogen-bond donors (Lipinski definition) is 3. The topological polar surface area (TPSA) is 119 Å². The third-order valence-electron chi connectivity index (χ3n) is 5.83. The van der Waals surface area contributed by atoms with Gasteiger partial charge in [-0.05, 0) is 79.9 Å². The molecule has 0 radical (unpaired) electrons. The lowest BCUT2D eigenvalue weighted by Crippen LogP contribution is -2.33. The van der Waals surface area contributed by atoms with Crippen molar-refractivity contribution in [2.75, 3.05) is 38.1 Å². The Balaban J connectivity index is 1.33. The average molecular weight is 510 g/mol. The van der Waals surface area contributed by atoms with Crippen LogP contribution in [-0.4, -0.2) is 54.8 Å². The maximum atomic E-state index is 12.3. The van der Waals surface area contributed by atoms with Gasteiger partial charge < -0.3 is 20.5 Å². The van der Waals surface area contributed by atoms with Crippen LogP contribution in [0.3, 0.4) is 0 Å². The highest BCUT2D eigenvalue weighted by Crippen LogP contribution is 2.41. The van der Waals surface area contributed by atoms with E-state index in [4.69, 9.17) is 15.2 Å². The summed E-state index contributed by atoms with van der Waals surface area (Å²) in [6.07, 6.45) is 7.29. The van der Waals surface area contributed by atoms with E-state index in [-0.39, 0.29) is 5.75 Å². The Morgan fingerprint density at radius 2 is 1.81 bits per heavy atom. The van der Waals surface area contributed by atoms with Crippen LogP contribution in [0.2, 0.25) is 0 Å². The fraction of sp³-hybridized carbons (Fsp3) is 0.346. The molecule has 1 aromatic carbocycles. The van der Waals surface area contributed by atoms with E-state index < -0.39 is 12.1 Å². The number of carbonyl (C=O) groups is 2. The lowest BCUT2D eigenvalue weighted by Gasteiger charge is -2.26. The number of piperidine rings is 1. The van der Waals surface area contributed by atoms with Crippen molar-refractivity contribution in [3.8, 4) is 21.9 Å². The average Bonchev–Trinajstić information content (AvgIpc) is 3.27. The standard InChI is InChI=1S/C26H31N5O4S/c27-25(32)30-24-22(35-26(33)29-13-10-19-8-11-28-12-9-19)18-23(36-24)20-4-6-21(7-5-20)34-17-16-31-14-2-1-3-15-31/h4-9,11-12,18H,1-3,10,13-17H2,(H,29,33)(H3,27,30,32). The summed E-state index contributed by atoms with van der Waals surface area (Å²) in [6.45, 7) is 4.28. The zero-order valence-electron chi connectivity index (χ0n) is 20.1. The molecule has 1 saturated heterocycles. The van der Waals surface area contributed by atoms with Gasteiger partial charge in [-0.3, -0.25) is 15.2 Å². The molecule has 1 aliphatic rings.